The maximum atomic E-state index is 13.3. The molecular weight excluding hydrogens is 341 g/mol. The SMILES string of the molecule is CSc1cccc(NC(=O)c2sc3cc(F)ccc3c2Cl)c1. The summed E-state index contributed by atoms with van der Waals surface area (Å²) >= 11 is 9.04. The van der Waals surface area contributed by atoms with E-state index in [1.54, 1.807) is 17.8 Å². The molecule has 0 spiro atoms. The van der Waals surface area contributed by atoms with Crippen LogP contribution in [0.3, 0.4) is 0 Å². The number of anilines is 1. The highest BCUT2D eigenvalue weighted by molar-refractivity contribution is 7.98. The molecular formula is C16H11ClFNOS2. The molecule has 0 aliphatic carbocycles. The number of rotatable bonds is 3. The highest BCUT2D eigenvalue weighted by atomic mass is 35.5. The van der Waals surface area contributed by atoms with E-state index in [0.29, 0.717) is 25.7 Å². The zero-order valence-corrected chi connectivity index (χ0v) is 13.9. The summed E-state index contributed by atoms with van der Waals surface area (Å²) in [6.07, 6.45) is 1.97. The number of fused-ring (bicyclic) bond motifs is 1. The van der Waals surface area contributed by atoms with Gasteiger partial charge in [-0.2, -0.15) is 0 Å². The highest BCUT2D eigenvalue weighted by Gasteiger charge is 2.17. The van der Waals surface area contributed by atoms with Gasteiger partial charge in [0.25, 0.3) is 5.91 Å². The molecule has 2 aromatic carbocycles. The van der Waals surface area contributed by atoms with E-state index in [1.165, 1.54) is 23.5 Å². The number of carbonyl (C=O) groups is 1. The van der Waals surface area contributed by atoms with E-state index >= 15 is 0 Å². The summed E-state index contributed by atoms with van der Waals surface area (Å²) in [5, 5.41) is 3.88. The molecule has 0 atom stereocenters. The second-order valence-corrected chi connectivity index (χ2v) is 6.88. The predicted octanol–water partition coefficient (Wildman–Crippen LogP) is 5.67. The number of hydrogen-bond donors (Lipinski definition) is 1. The second-order valence-electron chi connectivity index (χ2n) is 4.57. The zero-order valence-electron chi connectivity index (χ0n) is 11.5. The molecule has 3 aromatic rings. The number of halogens is 2. The number of thiophene rings is 1. The van der Waals surface area contributed by atoms with E-state index in [2.05, 4.69) is 5.32 Å². The number of carbonyl (C=O) groups excluding carboxylic acids is 1. The van der Waals surface area contributed by atoms with E-state index in [0.717, 1.165) is 4.90 Å². The first-order valence-electron chi connectivity index (χ1n) is 6.41. The topological polar surface area (TPSA) is 29.1 Å². The third-order valence-corrected chi connectivity index (χ3v) is 5.51. The van der Waals surface area contributed by atoms with Gasteiger partial charge >= 0.3 is 0 Å². The first kappa shape index (κ1) is 15.3. The summed E-state index contributed by atoms with van der Waals surface area (Å²) in [6.45, 7) is 0. The average molecular weight is 352 g/mol. The van der Waals surface area contributed by atoms with Crippen molar-refractivity contribution in [3.63, 3.8) is 0 Å². The molecule has 3 rings (SSSR count). The summed E-state index contributed by atoms with van der Waals surface area (Å²) in [5.74, 6) is -0.630. The molecule has 1 N–H and O–H groups in total. The van der Waals surface area contributed by atoms with Crippen LogP contribution in [-0.2, 0) is 0 Å². The maximum Gasteiger partial charge on any atom is 0.267 e. The van der Waals surface area contributed by atoms with Crippen molar-refractivity contribution in [1.82, 2.24) is 0 Å². The van der Waals surface area contributed by atoms with Crippen LogP contribution in [0.15, 0.2) is 47.4 Å². The van der Waals surface area contributed by atoms with Crippen LogP contribution in [0.1, 0.15) is 9.67 Å². The number of amides is 1. The largest absolute Gasteiger partial charge is 0.321 e. The first-order chi connectivity index (χ1) is 10.6. The molecule has 1 aromatic heterocycles. The van der Waals surface area contributed by atoms with E-state index < -0.39 is 0 Å². The Morgan fingerprint density at radius 3 is 2.86 bits per heavy atom. The minimum Gasteiger partial charge on any atom is -0.321 e. The number of benzene rings is 2. The Morgan fingerprint density at radius 2 is 2.09 bits per heavy atom. The Kier molecular flexibility index (Phi) is 4.38. The second kappa shape index (κ2) is 6.28. The Balaban J connectivity index is 1.93. The average Bonchev–Trinajstić information content (AvgIpc) is 2.84. The van der Waals surface area contributed by atoms with Crippen molar-refractivity contribution < 1.29 is 9.18 Å². The summed E-state index contributed by atoms with van der Waals surface area (Å²) in [7, 11) is 0. The monoisotopic (exact) mass is 351 g/mol. The molecule has 0 saturated carbocycles. The quantitative estimate of drug-likeness (QED) is 0.616. The summed E-state index contributed by atoms with van der Waals surface area (Å²) in [6, 6.07) is 11.9. The number of hydrogen-bond acceptors (Lipinski definition) is 3. The molecule has 22 heavy (non-hydrogen) atoms. The van der Waals surface area contributed by atoms with Crippen LogP contribution < -0.4 is 5.32 Å². The lowest BCUT2D eigenvalue weighted by atomic mass is 10.2. The van der Waals surface area contributed by atoms with Gasteiger partial charge in [0, 0.05) is 20.7 Å². The van der Waals surface area contributed by atoms with Crippen LogP contribution >= 0.6 is 34.7 Å². The molecule has 112 valence electrons. The fourth-order valence-electron chi connectivity index (χ4n) is 2.07. The van der Waals surface area contributed by atoms with Crippen LogP contribution in [0.25, 0.3) is 10.1 Å². The van der Waals surface area contributed by atoms with Gasteiger partial charge in [-0.3, -0.25) is 4.79 Å². The Morgan fingerprint density at radius 1 is 1.27 bits per heavy atom. The standard InChI is InChI=1S/C16H11ClFNOS2/c1-21-11-4-2-3-10(8-11)19-16(20)15-14(17)12-6-5-9(18)7-13(12)22-15/h2-8H,1H3,(H,19,20). The van der Waals surface area contributed by atoms with Gasteiger partial charge in [-0.05, 0) is 42.7 Å². The van der Waals surface area contributed by atoms with Crippen molar-refractivity contribution in [3.8, 4) is 0 Å². The maximum absolute atomic E-state index is 13.3. The van der Waals surface area contributed by atoms with E-state index in [9.17, 15) is 9.18 Å². The minimum absolute atomic E-state index is 0.287. The van der Waals surface area contributed by atoms with Gasteiger partial charge in [0.05, 0.1) is 5.02 Å². The van der Waals surface area contributed by atoms with E-state index in [-0.39, 0.29) is 11.7 Å². The summed E-state index contributed by atoms with van der Waals surface area (Å²) in [5.41, 5.74) is 0.705. The fraction of sp³-hybridized carbons (Fsp3) is 0.0625. The van der Waals surface area contributed by atoms with Crippen LogP contribution in [-0.4, -0.2) is 12.2 Å². The van der Waals surface area contributed by atoms with Crippen LogP contribution in [0.4, 0.5) is 10.1 Å². The molecule has 0 fully saturated rings. The Bertz CT molecular complexity index is 862. The van der Waals surface area contributed by atoms with E-state index in [4.69, 9.17) is 11.6 Å². The van der Waals surface area contributed by atoms with E-state index in [1.807, 2.05) is 30.5 Å². The third-order valence-electron chi connectivity index (χ3n) is 3.13. The van der Waals surface area contributed by atoms with Gasteiger partial charge < -0.3 is 5.32 Å². The molecule has 0 aliphatic rings. The van der Waals surface area contributed by atoms with Crippen molar-refractivity contribution in [2.24, 2.45) is 0 Å². The minimum atomic E-state index is -0.343. The molecule has 0 bridgehead atoms. The first-order valence-corrected chi connectivity index (χ1v) is 8.83. The predicted molar refractivity (Wildman–Crippen MR) is 93.0 cm³/mol. The molecule has 2 nitrogen and oxygen atoms in total. The molecule has 1 amide bonds. The van der Waals surface area contributed by atoms with Crippen molar-refractivity contribution >= 4 is 56.4 Å². The normalized spacial score (nSPS) is 10.9. The van der Waals surface area contributed by atoms with Gasteiger partial charge in [0.2, 0.25) is 0 Å². The Labute approximate surface area is 140 Å². The van der Waals surface area contributed by atoms with Gasteiger partial charge in [0.15, 0.2) is 0 Å². The smallest absolute Gasteiger partial charge is 0.267 e. The van der Waals surface area contributed by atoms with Crippen molar-refractivity contribution in [2.75, 3.05) is 11.6 Å². The Hall–Kier alpha value is -1.56. The molecule has 0 saturated heterocycles. The van der Waals surface area contributed by atoms with Crippen LogP contribution in [0.2, 0.25) is 5.02 Å². The van der Waals surface area contributed by atoms with Crippen molar-refractivity contribution in [1.29, 1.82) is 0 Å². The molecule has 1 heterocycles. The molecule has 0 unspecified atom stereocenters. The summed E-state index contributed by atoms with van der Waals surface area (Å²) < 4.78 is 13.9. The van der Waals surface area contributed by atoms with Gasteiger partial charge in [-0.25, -0.2) is 4.39 Å². The van der Waals surface area contributed by atoms with Crippen LogP contribution in [0, 0.1) is 5.82 Å². The van der Waals surface area contributed by atoms with Crippen LogP contribution in [0.5, 0.6) is 0 Å². The number of nitrogens with one attached hydrogen (secondary N) is 1. The van der Waals surface area contributed by atoms with Gasteiger partial charge in [0.1, 0.15) is 10.7 Å². The van der Waals surface area contributed by atoms with Gasteiger partial charge in [-0.15, -0.1) is 23.1 Å². The molecule has 0 aliphatic heterocycles. The lowest BCUT2D eigenvalue weighted by molar-refractivity contribution is 0.103. The van der Waals surface area contributed by atoms with Crippen molar-refractivity contribution in [2.45, 2.75) is 4.90 Å². The van der Waals surface area contributed by atoms with Gasteiger partial charge in [-0.1, -0.05) is 17.7 Å². The number of thioether (sulfide) groups is 1. The van der Waals surface area contributed by atoms with Crippen molar-refractivity contribution in [3.05, 3.63) is 58.2 Å². The summed E-state index contributed by atoms with van der Waals surface area (Å²) in [4.78, 5) is 13.8. The fourth-order valence-corrected chi connectivity index (χ4v) is 3.97. The lowest BCUT2D eigenvalue weighted by Gasteiger charge is -2.05. The highest BCUT2D eigenvalue weighted by Crippen LogP contribution is 2.36. The molecule has 6 heteroatoms. The third kappa shape index (κ3) is 2.97. The zero-order chi connectivity index (χ0) is 15.7. The molecule has 0 radical (unpaired) electrons. The lowest BCUT2D eigenvalue weighted by Crippen LogP contribution is -2.10.